The fraction of sp³-hybridized carbons (Fsp3) is 0. The number of amides is 1. The number of hydrogen-bond donors (Lipinski definition) is 2. The molecule has 152 valence electrons. The molecule has 0 saturated carbocycles. The number of aromatic hydroxyl groups is 1. The number of aromatic nitrogens is 1. The Hall–Kier alpha value is -3.12. The van der Waals surface area contributed by atoms with E-state index in [1.54, 1.807) is 29.5 Å². The van der Waals surface area contributed by atoms with E-state index in [1.807, 2.05) is 53.9 Å². The number of fused-ring (bicyclic) bond motifs is 1. The van der Waals surface area contributed by atoms with Gasteiger partial charge >= 0.3 is 0 Å². The van der Waals surface area contributed by atoms with Gasteiger partial charge in [0, 0.05) is 33.3 Å². The third-order valence-corrected chi connectivity index (χ3v) is 6.44. The summed E-state index contributed by atoms with van der Waals surface area (Å²) < 4.78 is 0. The minimum Gasteiger partial charge on any atom is -0.505 e. The van der Waals surface area contributed by atoms with Gasteiger partial charge in [-0.2, -0.15) is 0 Å². The van der Waals surface area contributed by atoms with Crippen molar-refractivity contribution in [2.24, 2.45) is 0 Å². The lowest BCUT2D eigenvalue weighted by Gasteiger charge is -2.04. The van der Waals surface area contributed by atoms with Gasteiger partial charge in [-0.1, -0.05) is 59.6 Å². The van der Waals surface area contributed by atoms with Crippen molar-refractivity contribution in [1.29, 1.82) is 0 Å². The number of anilines is 1. The number of rotatable bonds is 3. The molecule has 0 spiro atoms. The van der Waals surface area contributed by atoms with Crippen LogP contribution in [0.2, 0.25) is 10.0 Å². The normalized spacial score (nSPS) is 14.0. The van der Waals surface area contributed by atoms with Crippen LogP contribution in [0.3, 0.4) is 0 Å². The number of carbonyl (C=O) groups is 1. The Morgan fingerprint density at radius 2 is 1.71 bits per heavy atom. The van der Waals surface area contributed by atoms with Gasteiger partial charge in [0.05, 0.1) is 15.7 Å². The molecule has 4 nitrogen and oxygen atoms in total. The van der Waals surface area contributed by atoms with Crippen LogP contribution in [0.15, 0.2) is 66.0 Å². The Bertz CT molecular complexity index is 1340. The van der Waals surface area contributed by atoms with E-state index in [2.05, 4.69) is 5.32 Å². The average Bonchev–Trinajstić information content (AvgIpc) is 3.38. The molecule has 0 bridgehead atoms. The van der Waals surface area contributed by atoms with Gasteiger partial charge in [0.25, 0.3) is 5.91 Å². The second-order valence-corrected chi connectivity index (χ2v) is 8.68. The molecule has 5 rings (SSSR count). The van der Waals surface area contributed by atoms with Crippen molar-refractivity contribution in [3.05, 3.63) is 87.2 Å². The molecule has 2 N–H and O–H groups in total. The van der Waals surface area contributed by atoms with Crippen LogP contribution < -0.4 is 5.32 Å². The first kappa shape index (κ1) is 19.8. The fourth-order valence-corrected chi connectivity index (χ4v) is 4.78. The molecule has 0 fully saturated rings. The van der Waals surface area contributed by atoms with Crippen LogP contribution in [-0.4, -0.2) is 16.0 Å². The lowest BCUT2D eigenvalue weighted by molar-refractivity contribution is -0.110. The number of carbonyl (C=O) groups excluding carboxylic acids is 1. The van der Waals surface area contributed by atoms with Gasteiger partial charge in [-0.05, 0) is 35.9 Å². The summed E-state index contributed by atoms with van der Waals surface area (Å²) in [5, 5.41) is 15.9. The van der Waals surface area contributed by atoms with E-state index < -0.39 is 0 Å². The van der Waals surface area contributed by atoms with Crippen LogP contribution in [0.25, 0.3) is 33.5 Å². The second-order valence-electron chi connectivity index (χ2n) is 7.01. The van der Waals surface area contributed by atoms with Crippen molar-refractivity contribution in [2.75, 3.05) is 5.32 Å². The SMILES string of the molecule is O=C1Nc2ccc(-c3csc(-c4ccccc4)n3)cc2/C1=C/c1cc(Cl)c(O)c(Cl)c1. The van der Waals surface area contributed by atoms with E-state index in [0.29, 0.717) is 11.1 Å². The summed E-state index contributed by atoms with van der Waals surface area (Å²) in [6.45, 7) is 0. The molecule has 4 aromatic rings. The summed E-state index contributed by atoms with van der Waals surface area (Å²) in [5.74, 6) is -0.391. The molecular weight excluding hydrogens is 451 g/mol. The average molecular weight is 465 g/mol. The molecule has 0 atom stereocenters. The Morgan fingerprint density at radius 3 is 2.45 bits per heavy atom. The second kappa shape index (κ2) is 7.85. The number of benzene rings is 3. The van der Waals surface area contributed by atoms with Crippen LogP contribution in [0, 0.1) is 0 Å². The fourth-order valence-electron chi connectivity index (χ4n) is 3.45. The highest BCUT2D eigenvalue weighted by Crippen LogP contribution is 2.39. The molecule has 2 heterocycles. The van der Waals surface area contributed by atoms with Gasteiger partial charge in [-0.25, -0.2) is 4.98 Å². The number of hydrogen-bond acceptors (Lipinski definition) is 4. The third-order valence-electron chi connectivity index (χ3n) is 4.97. The van der Waals surface area contributed by atoms with E-state index in [4.69, 9.17) is 28.2 Å². The predicted octanol–water partition coefficient (Wildman–Crippen LogP) is 6.98. The number of phenolic OH excluding ortho intramolecular Hbond substituents is 1. The minimum absolute atomic E-state index is 0.127. The Morgan fingerprint density at radius 1 is 0.968 bits per heavy atom. The van der Waals surface area contributed by atoms with Gasteiger partial charge in [-0.3, -0.25) is 4.79 Å². The predicted molar refractivity (Wildman–Crippen MR) is 128 cm³/mol. The van der Waals surface area contributed by atoms with E-state index in [9.17, 15) is 9.90 Å². The zero-order valence-electron chi connectivity index (χ0n) is 15.9. The van der Waals surface area contributed by atoms with Gasteiger partial charge in [-0.15, -0.1) is 11.3 Å². The molecule has 31 heavy (non-hydrogen) atoms. The number of thiazole rings is 1. The number of phenols is 1. The Labute approximate surface area is 192 Å². The van der Waals surface area contributed by atoms with Crippen molar-refractivity contribution in [2.45, 2.75) is 0 Å². The van der Waals surface area contributed by atoms with Gasteiger partial charge in [0.2, 0.25) is 0 Å². The highest BCUT2D eigenvalue weighted by Gasteiger charge is 2.25. The number of nitrogens with one attached hydrogen (secondary N) is 1. The van der Waals surface area contributed by atoms with Gasteiger partial charge in [0.15, 0.2) is 5.75 Å². The van der Waals surface area contributed by atoms with E-state index in [0.717, 1.165) is 33.1 Å². The quantitative estimate of drug-likeness (QED) is 0.321. The topological polar surface area (TPSA) is 62.2 Å². The summed E-state index contributed by atoms with van der Waals surface area (Å²) in [6, 6.07) is 18.9. The highest BCUT2D eigenvalue weighted by molar-refractivity contribution is 7.13. The first-order valence-corrected chi connectivity index (χ1v) is 11.0. The summed E-state index contributed by atoms with van der Waals surface area (Å²) >= 11 is 13.6. The highest BCUT2D eigenvalue weighted by atomic mass is 35.5. The third kappa shape index (κ3) is 3.72. The maximum Gasteiger partial charge on any atom is 0.256 e. The molecule has 0 unspecified atom stereocenters. The van der Waals surface area contributed by atoms with E-state index in [1.165, 1.54) is 0 Å². The zero-order valence-corrected chi connectivity index (χ0v) is 18.2. The van der Waals surface area contributed by atoms with Gasteiger partial charge < -0.3 is 10.4 Å². The smallest absolute Gasteiger partial charge is 0.256 e. The van der Waals surface area contributed by atoms with Crippen LogP contribution in [0.1, 0.15) is 11.1 Å². The molecule has 7 heteroatoms. The summed E-state index contributed by atoms with van der Waals surface area (Å²) in [6.07, 6.45) is 1.71. The summed E-state index contributed by atoms with van der Waals surface area (Å²) in [5.41, 5.74) is 5.46. The maximum atomic E-state index is 12.6. The molecular formula is C24H14Cl2N2O2S. The first-order valence-electron chi connectivity index (χ1n) is 9.36. The number of nitrogens with zero attached hydrogens (tertiary/aromatic N) is 1. The van der Waals surface area contributed by atoms with E-state index in [-0.39, 0.29) is 21.7 Å². The summed E-state index contributed by atoms with van der Waals surface area (Å²) in [4.78, 5) is 17.4. The molecule has 0 radical (unpaired) electrons. The van der Waals surface area contributed by atoms with Crippen molar-refractivity contribution in [3.63, 3.8) is 0 Å². The Balaban J connectivity index is 1.54. The largest absolute Gasteiger partial charge is 0.505 e. The molecule has 1 aliphatic rings. The monoisotopic (exact) mass is 464 g/mol. The molecule has 1 aliphatic heterocycles. The van der Waals surface area contributed by atoms with Crippen molar-refractivity contribution >= 4 is 57.8 Å². The zero-order chi connectivity index (χ0) is 21.5. The molecule has 1 amide bonds. The lowest BCUT2D eigenvalue weighted by Crippen LogP contribution is -2.03. The van der Waals surface area contributed by atoms with Crippen molar-refractivity contribution < 1.29 is 9.90 Å². The van der Waals surface area contributed by atoms with Crippen LogP contribution in [0.4, 0.5) is 5.69 Å². The minimum atomic E-state index is -0.212. The van der Waals surface area contributed by atoms with Gasteiger partial charge in [0.1, 0.15) is 5.01 Å². The Kier molecular flexibility index (Phi) is 5.02. The van der Waals surface area contributed by atoms with Crippen LogP contribution >= 0.6 is 34.5 Å². The molecule has 3 aromatic carbocycles. The van der Waals surface area contributed by atoms with Crippen molar-refractivity contribution in [1.82, 2.24) is 4.98 Å². The first-order chi connectivity index (χ1) is 15.0. The lowest BCUT2D eigenvalue weighted by atomic mass is 10.0. The van der Waals surface area contributed by atoms with Crippen LogP contribution in [-0.2, 0) is 4.79 Å². The molecule has 0 aliphatic carbocycles. The summed E-state index contributed by atoms with van der Waals surface area (Å²) in [7, 11) is 0. The molecule has 1 aromatic heterocycles. The van der Waals surface area contributed by atoms with E-state index >= 15 is 0 Å². The maximum absolute atomic E-state index is 12.6. The standard InChI is InChI=1S/C24H14Cl2N2O2S/c25-18-9-13(10-19(26)22(18)29)8-17-16-11-15(6-7-20(16)27-23(17)30)21-12-31-24(28-21)14-4-2-1-3-5-14/h1-12,29H,(H,27,30)/b17-8-. The number of halogens is 2. The van der Waals surface area contributed by atoms with Crippen LogP contribution in [0.5, 0.6) is 5.75 Å². The molecule has 0 saturated heterocycles. The van der Waals surface area contributed by atoms with Crippen molar-refractivity contribution in [3.8, 4) is 27.6 Å².